The molecule has 0 aliphatic carbocycles. The Hall–Kier alpha value is -1.78. The van der Waals surface area contributed by atoms with E-state index in [1.54, 1.807) is 0 Å². The smallest absolute Gasteiger partial charge is 0.223 e. The molecule has 2 aromatic rings. The van der Waals surface area contributed by atoms with Crippen molar-refractivity contribution >= 4 is 10.8 Å². The molecule has 0 aromatic heterocycles. The first-order valence-corrected chi connectivity index (χ1v) is 5.98. The predicted octanol–water partition coefficient (Wildman–Crippen LogP) is 2.31. The molecule has 2 unspecified atom stereocenters. The number of fused-ring (bicyclic) bond motifs is 1. The number of rotatable bonds is 4. The van der Waals surface area contributed by atoms with Crippen molar-refractivity contribution in [1.29, 1.82) is 0 Å². The summed E-state index contributed by atoms with van der Waals surface area (Å²) in [4.78, 5) is 0. The maximum atomic E-state index is 5.68. The van der Waals surface area contributed by atoms with E-state index in [-0.39, 0.29) is 12.6 Å². The van der Waals surface area contributed by atoms with Gasteiger partial charge in [0.15, 0.2) is 0 Å². The number of hydrogen-bond donors (Lipinski definition) is 0. The lowest BCUT2D eigenvalue weighted by Gasteiger charge is -2.08. The third-order valence-electron chi connectivity index (χ3n) is 2.94. The fourth-order valence-corrected chi connectivity index (χ4v) is 1.92. The van der Waals surface area contributed by atoms with E-state index in [2.05, 4.69) is 0 Å². The van der Waals surface area contributed by atoms with Crippen molar-refractivity contribution in [2.75, 3.05) is 13.2 Å². The Morgan fingerprint density at radius 3 is 2.50 bits per heavy atom. The summed E-state index contributed by atoms with van der Waals surface area (Å²) in [5.74, 6) is 1.68. The molecule has 0 N–H and O–H groups in total. The Labute approximate surface area is 104 Å². The molecule has 2 aliphatic heterocycles. The van der Waals surface area contributed by atoms with Crippen LogP contribution in [0.4, 0.5) is 0 Å². The molecule has 0 amide bonds. The van der Waals surface area contributed by atoms with Crippen molar-refractivity contribution in [2.24, 2.45) is 0 Å². The normalized spacial score (nSPS) is 24.9. The first-order valence-electron chi connectivity index (χ1n) is 5.98. The molecule has 4 heteroatoms. The lowest BCUT2D eigenvalue weighted by atomic mass is 10.1. The first kappa shape index (κ1) is 10.2. The monoisotopic (exact) mass is 244 g/mol. The SMILES string of the molecule is c1cc(OC2CO2)c2ccc(OC3CO3)cc2c1. The standard InChI is InChI=1S/C14H12O4/c1-2-9-6-10(17-13-7-15-13)4-5-11(9)12(3-1)18-14-8-16-14/h1-6,13-14H,7-8H2. The minimum Gasteiger partial charge on any atom is -0.462 e. The lowest BCUT2D eigenvalue weighted by Crippen LogP contribution is -1.99. The van der Waals surface area contributed by atoms with E-state index in [0.29, 0.717) is 13.2 Å². The fourth-order valence-electron chi connectivity index (χ4n) is 1.92. The molecular formula is C14H12O4. The Morgan fingerprint density at radius 1 is 0.944 bits per heavy atom. The summed E-state index contributed by atoms with van der Waals surface area (Å²) in [6, 6.07) is 11.9. The van der Waals surface area contributed by atoms with Gasteiger partial charge < -0.3 is 18.9 Å². The molecule has 2 saturated heterocycles. The minimum absolute atomic E-state index is 0.0678. The van der Waals surface area contributed by atoms with Crippen LogP contribution in [-0.4, -0.2) is 25.8 Å². The van der Waals surface area contributed by atoms with E-state index in [4.69, 9.17) is 18.9 Å². The van der Waals surface area contributed by atoms with E-state index in [1.807, 2.05) is 36.4 Å². The van der Waals surface area contributed by atoms with Crippen LogP contribution in [-0.2, 0) is 9.47 Å². The highest BCUT2D eigenvalue weighted by molar-refractivity contribution is 5.89. The summed E-state index contributed by atoms with van der Waals surface area (Å²) in [7, 11) is 0. The largest absolute Gasteiger partial charge is 0.462 e. The highest BCUT2D eigenvalue weighted by atomic mass is 16.8. The Balaban J connectivity index is 1.69. The average Bonchev–Trinajstić information content (AvgIpc) is 3.25. The molecule has 2 heterocycles. The van der Waals surface area contributed by atoms with Crippen LogP contribution in [0.15, 0.2) is 36.4 Å². The molecule has 4 nitrogen and oxygen atoms in total. The van der Waals surface area contributed by atoms with Crippen molar-refractivity contribution in [3.8, 4) is 11.5 Å². The van der Waals surface area contributed by atoms with Crippen molar-refractivity contribution in [3.63, 3.8) is 0 Å². The second-order valence-corrected chi connectivity index (χ2v) is 4.40. The maximum Gasteiger partial charge on any atom is 0.223 e. The zero-order valence-corrected chi connectivity index (χ0v) is 9.67. The van der Waals surface area contributed by atoms with Crippen molar-refractivity contribution < 1.29 is 18.9 Å². The Kier molecular flexibility index (Phi) is 2.18. The number of epoxide rings is 2. The first-order chi connectivity index (χ1) is 8.88. The van der Waals surface area contributed by atoms with Gasteiger partial charge in [0.2, 0.25) is 12.6 Å². The van der Waals surface area contributed by atoms with Gasteiger partial charge >= 0.3 is 0 Å². The second kappa shape index (κ2) is 3.86. The topological polar surface area (TPSA) is 43.5 Å². The summed E-state index contributed by atoms with van der Waals surface area (Å²) >= 11 is 0. The van der Waals surface area contributed by atoms with E-state index in [1.165, 1.54) is 0 Å². The van der Waals surface area contributed by atoms with Crippen LogP contribution >= 0.6 is 0 Å². The molecule has 2 aromatic carbocycles. The molecule has 0 radical (unpaired) electrons. The average molecular weight is 244 g/mol. The van der Waals surface area contributed by atoms with Gasteiger partial charge in [-0.25, -0.2) is 0 Å². The third kappa shape index (κ3) is 2.00. The molecule has 4 rings (SSSR count). The van der Waals surface area contributed by atoms with Gasteiger partial charge in [0.05, 0.1) is 0 Å². The van der Waals surface area contributed by atoms with E-state index < -0.39 is 0 Å². The predicted molar refractivity (Wildman–Crippen MR) is 64.7 cm³/mol. The molecule has 2 fully saturated rings. The minimum atomic E-state index is -0.0774. The highest BCUT2D eigenvalue weighted by Crippen LogP contribution is 2.31. The van der Waals surface area contributed by atoms with Crippen LogP contribution in [0.1, 0.15) is 0 Å². The summed E-state index contributed by atoms with van der Waals surface area (Å²) in [6.07, 6.45) is -0.145. The van der Waals surface area contributed by atoms with Crippen molar-refractivity contribution in [3.05, 3.63) is 36.4 Å². The van der Waals surface area contributed by atoms with Gasteiger partial charge in [0, 0.05) is 5.39 Å². The molecule has 0 bridgehead atoms. The zero-order valence-electron chi connectivity index (χ0n) is 9.67. The fraction of sp³-hybridized carbons (Fsp3) is 0.286. The second-order valence-electron chi connectivity index (χ2n) is 4.40. The summed E-state index contributed by atoms with van der Waals surface area (Å²) in [6.45, 7) is 1.36. The van der Waals surface area contributed by atoms with E-state index >= 15 is 0 Å². The maximum absolute atomic E-state index is 5.68. The molecule has 18 heavy (non-hydrogen) atoms. The van der Waals surface area contributed by atoms with E-state index in [0.717, 1.165) is 22.3 Å². The van der Waals surface area contributed by atoms with Crippen LogP contribution in [0.3, 0.4) is 0 Å². The number of ether oxygens (including phenoxy) is 4. The van der Waals surface area contributed by atoms with Crippen molar-refractivity contribution in [2.45, 2.75) is 12.6 Å². The molecule has 2 aliphatic rings. The van der Waals surface area contributed by atoms with Crippen molar-refractivity contribution in [1.82, 2.24) is 0 Å². The Morgan fingerprint density at radius 2 is 1.72 bits per heavy atom. The number of benzene rings is 2. The van der Waals surface area contributed by atoms with Gasteiger partial charge in [-0.05, 0) is 29.7 Å². The summed E-state index contributed by atoms with van der Waals surface area (Å²) in [5, 5.41) is 2.16. The highest BCUT2D eigenvalue weighted by Gasteiger charge is 2.26. The summed E-state index contributed by atoms with van der Waals surface area (Å²) in [5.41, 5.74) is 0. The molecule has 2 atom stereocenters. The van der Waals surface area contributed by atoms with Crippen LogP contribution in [0.5, 0.6) is 11.5 Å². The quantitative estimate of drug-likeness (QED) is 0.774. The molecule has 0 spiro atoms. The number of hydrogen-bond acceptors (Lipinski definition) is 4. The Bertz CT molecular complexity index is 587. The molecular weight excluding hydrogens is 232 g/mol. The van der Waals surface area contributed by atoms with Gasteiger partial charge in [-0.1, -0.05) is 12.1 Å². The van der Waals surface area contributed by atoms with Crippen LogP contribution in [0, 0.1) is 0 Å². The van der Waals surface area contributed by atoms with Crippen LogP contribution in [0.2, 0.25) is 0 Å². The van der Waals surface area contributed by atoms with Gasteiger partial charge in [0.25, 0.3) is 0 Å². The molecule has 92 valence electrons. The van der Waals surface area contributed by atoms with Gasteiger partial charge in [-0.2, -0.15) is 0 Å². The van der Waals surface area contributed by atoms with Gasteiger partial charge in [-0.3, -0.25) is 0 Å². The zero-order chi connectivity index (χ0) is 11.9. The van der Waals surface area contributed by atoms with Crippen LogP contribution < -0.4 is 9.47 Å². The van der Waals surface area contributed by atoms with Crippen LogP contribution in [0.25, 0.3) is 10.8 Å². The third-order valence-corrected chi connectivity index (χ3v) is 2.94. The van der Waals surface area contributed by atoms with E-state index in [9.17, 15) is 0 Å². The van der Waals surface area contributed by atoms with Gasteiger partial charge in [0.1, 0.15) is 24.7 Å². The van der Waals surface area contributed by atoms with Gasteiger partial charge in [-0.15, -0.1) is 0 Å². The lowest BCUT2D eigenvalue weighted by molar-refractivity contribution is 0.179. The molecule has 0 saturated carbocycles. The summed E-state index contributed by atoms with van der Waals surface area (Å²) < 4.78 is 21.4.